The summed E-state index contributed by atoms with van der Waals surface area (Å²) >= 11 is 1.42. The summed E-state index contributed by atoms with van der Waals surface area (Å²) in [5.74, 6) is 0.880. The number of methoxy groups -OCH3 is 2. The lowest BCUT2D eigenvalue weighted by atomic mass is 10.2. The molecule has 0 fully saturated rings. The molecule has 1 N–H and O–H groups in total. The van der Waals surface area contributed by atoms with Crippen molar-refractivity contribution in [3.63, 3.8) is 0 Å². The van der Waals surface area contributed by atoms with Crippen LogP contribution >= 0.6 is 11.8 Å². The highest BCUT2D eigenvalue weighted by Gasteiger charge is 2.26. The second-order valence-electron chi connectivity index (χ2n) is 3.67. The highest BCUT2D eigenvalue weighted by molar-refractivity contribution is 8.14. The van der Waals surface area contributed by atoms with Crippen LogP contribution in [0, 0.1) is 0 Å². The van der Waals surface area contributed by atoms with Gasteiger partial charge in [-0.25, -0.2) is 4.79 Å². The molecule has 0 aromatic heterocycles. The van der Waals surface area contributed by atoms with E-state index in [2.05, 4.69) is 4.99 Å². The minimum absolute atomic E-state index is 0.458. The number of carboxylic acid groups (broad SMARTS) is 1. The Labute approximate surface area is 109 Å². The smallest absolute Gasteiger partial charge is 0.329 e. The van der Waals surface area contributed by atoms with Crippen LogP contribution in [-0.2, 0) is 4.79 Å². The maximum atomic E-state index is 10.9. The number of nitrogens with zero attached hydrogens (tertiary/aromatic N) is 1. The lowest BCUT2D eigenvalue weighted by Gasteiger charge is -2.09. The molecule has 1 aliphatic rings. The van der Waals surface area contributed by atoms with Crippen molar-refractivity contribution in [1.82, 2.24) is 0 Å². The first kappa shape index (κ1) is 12.8. The summed E-state index contributed by atoms with van der Waals surface area (Å²) in [6.45, 7) is 0. The van der Waals surface area contributed by atoms with E-state index in [1.807, 2.05) is 6.07 Å². The number of ether oxygens (including phenoxy) is 2. The van der Waals surface area contributed by atoms with E-state index in [1.165, 1.54) is 11.8 Å². The van der Waals surface area contributed by atoms with Crippen LogP contribution in [0.2, 0.25) is 0 Å². The molecule has 0 bridgehead atoms. The molecule has 1 aromatic carbocycles. The minimum Gasteiger partial charge on any atom is -0.497 e. The number of hydrogen-bond donors (Lipinski definition) is 1. The molecule has 1 aliphatic heterocycles. The SMILES string of the molecule is COc1ccc(C2=N[C@H](C(=O)O)CS2)c(OC)c1. The van der Waals surface area contributed by atoms with Crippen molar-refractivity contribution >= 4 is 22.8 Å². The lowest BCUT2D eigenvalue weighted by Crippen LogP contribution is -2.17. The number of aliphatic imine (C=N–C) groups is 1. The van der Waals surface area contributed by atoms with E-state index in [4.69, 9.17) is 14.6 Å². The summed E-state index contributed by atoms with van der Waals surface area (Å²) in [6, 6.07) is 4.71. The fourth-order valence-electron chi connectivity index (χ4n) is 1.62. The van der Waals surface area contributed by atoms with Gasteiger partial charge in [0.2, 0.25) is 0 Å². The third-order valence-electron chi connectivity index (χ3n) is 2.58. The molecule has 5 nitrogen and oxygen atoms in total. The van der Waals surface area contributed by atoms with Gasteiger partial charge in [0.25, 0.3) is 0 Å². The van der Waals surface area contributed by atoms with Crippen LogP contribution in [0.15, 0.2) is 23.2 Å². The molecule has 18 heavy (non-hydrogen) atoms. The van der Waals surface area contributed by atoms with Gasteiger partial charge in [0.15, 0.2) is 6.04 Å². The standard InChI is InChI=1S/C12H13NO4S/c1-16-7-3-4-8(10(5-7)17-2)11-13-9(6-18-11)12(14)15/h3-5,9H,6H2,1-2H3,(H,14,15)/t9-/m0/s1. The van der Waals surface area contributed by atoms with Crippen molar-refractivity contribution < 1.29 is 19.4 Å². The molecule has 0 aliphatic carbocycles. The molecule has 6 heteroatoms. The average molecular weight is 267 g/mol. The molecule has 0 saturated heterocycles. The summed E-state index contributed by atoms with van der Waals surface area (Å²) < 4.78 is 10.4. The van der Waals surface area contributed by atoms with E-state index in [9.17, 15) is 4.79 Å². The highest BCUT2D eigenvalue weighted by Crippen LogP contribution is 2.31. The second-order valence-corrected chi connectivity index (χ2v) is 4.67. The van der Waals surface area contributed by atoms with Gasteiger partial charge in [-0.1, -0.05) is 0 Å². The van der Waals surface area contributed by atoms with Crippen LogP contribution in [0.3, 0.4) is 0 Å². The van der Waals surface area contributed by atoms with Gasteiger partial charge in [-0.2, -0.15) is 0 Å². The summed E-state index contributed by atoms with van der Waals surface area (Å²) in [5, 5.41) is 9.61. The molecule has 1 heterocycles. The normalized spacial score (nSPS) is 18.3. The molecule has 0 saturated carbocycles. The van der Waals surface area contributed by atoms with Crippen molar-refractivity contribution in [2.75, 3.05) is 20.0 Å². The van der Waals surface area contributed by atoms with Gasteiger partial charge < -0.3 is 14.6 Å². The predicted molar refractivity (Wildman–Crippen MR) is 70.0 cm³/mol. The Morgan fingerprint density at radius 2 is 2.22 bits per heavy atom. The van der Waals surface area contributed by atoms with Crippen molar-refractivity contribution in [3.8, 4) is 11.5 Å². The number of hydrogen-bond acceptors (Lipinski definition) is 5. The summed E-state index contributed by atoms with van der Waals surface area (Å²) in [6.07, 6.45) is 0. The maximum Gasteiger partial charge on any atom is 0.329 e. The van der Waals surface area contributed by atoms with E-state index in [1.54, 1.807) is 26.4 Å². The highest BCUT2D eigenvalue weighted by atomic mass is 32.2. The van der Waals surface area contributed by atoms with E-state index >= 15 is 0 Å². The zero-order valence-corrected chi connectivity index (χ0v) is 10.9. The van der Waals surface area contributed by atoms with E-state index < -0.39 is 12.0 Å². The van der Waals surface area contributed by atoms with Gasteiger partial charge in [-0.05, 0) is 12.1 Å². The zero-order valence-electron chi connectivity index (χ0n) is 10.0. The molecule has 1 atom stereocenters. The fraction of sp³-hybridized carbons (Fsp3) is 0.333. The number of carbonyl (C=O) groups is 1. The molecule has 1 aromatic rings. The van der Waals surface area contributed by atoms with E-state index in [-0.39, 0.29) is 0 Å². The number of thioether (sulfide) groups is 1. The Bertz CT molecular complexity index is 501. The molecular formula is C12H13NO4S. The van der Waals surface area contributed by atoms with Gasteiger partial charge in [0, 0.05) is 17.4 Å². The van der Waals surface area contributed by atoms with Gasteiger partial charge in [-0.3, -0.25) is 4.99 Å². The number of benzene rings is 1. The molecular weight excluding hydrogens is 254 g/mol. The molecule has 0 radical (unpaired) electrons. The maximum absolute atomic E-state index is 10.9. The van der Waals surface area contributed by atoms with Gasteiger partial charge in [0.1, 0.15) is 16.5 Å². The zero-order chi connectivity index (χ0) is 13.1. The third-order valence-corrected chi connectivity index (χ3v) is 3.66. The summed E-state index contributed by atoms with van der Waals surface area (Å²) in [7, 11) is 3.14. The van der Waals surface area contributed by atoms with Crippen LogP contribution < -0.4 is 9.47 Å². The van der Waals surface area contributed by atoms with Crippen LogP contribution in [0.5, 0.6) is 11.5 Å². The Morgan fingerprint density at radius 1 is 1.44 bits per heavy atom. The summed E-state index contributed by atoms with van der Waals surface area (Å²) in [5.41, 5.74) is 0.798. The largest absolute Gasteiger partial charge is 0.497 e. The van der Waals surface area contributed by atoms with Gasteiger partial charge in [0.05, 0.1) is 14.2 Å². The van der Waals surface area contributed by atoms with Crippen molar-refractivity contribution in [3.05, 3.63) is 23.8 Å². The van der Waals surface area contributed by atoms with Crippen molar-refractivity contribution in [2.24, 2.45) is 4.99 Å². The number of carboxylic acids is 1. The first-order valence-corrected chi connectivity index (χ1v) is 6.30. The van der Waals surface area contributed by atoms with E-state index in [0.717, 1.165) is 5.56 Å². The van der Waals surface area contributed by atoms with E-state index in [0.29, 0.717) is 22.3 Å². The number of aliphatic carboxylic acids is 1. The topological polar surface area (TPSA) is 68.1 Å². The minimum atomic E-state index is -0.898. The molecule has 0 unspecified atom stereocenters. The van der Waals surface area contributed by atoms with Crippen LogP contribution in [0.4, 0.5) is 0 Å². The third kappa shape index (κ3) is 2.43. The lowest BCUT2D eigenvalue weighted by molar-refractivity contribution is -0.137. The Hall–Kier alpha value is -1.69. The first-order valence-electron chi connectivity index (χ1n) is 5.31. The fourth-order valence-corrected chi connectivity index (χ4v) is 2.68. The van der Waals surface area contributed by atoms with Gasteiger partial charge in [-0.15, -0.1) is 11.8 Å². The molecule has 0 amide bonds. The predicted octanol–water partition coefficient (Wildman–Crippen LogP) is 1.65. The first-order chi connectivity index (χ1) is 8.65. The summed E-state index contributed by atoms with van der Waals surface area (Å²) in [4.78, 5) is 15.0. The quantitative estimate of drug-likeness (QED) is 0.898. The molecule has 0 spiro atoms. The van der Waals surface area contributed by atoms with Crippen molar-refractivity contribution in [2.45, 2.75) is 6.04 Å². The Kier molecular flexibility index (Phi) is 3.76. The Morgan fingerprint density at radius 3 is 2.78 bits per heavy atom. The Balaban J connectivity index is 2.34. The molecule has 2 rings (SSSR count). The van der Waals surface area contributed by atoms with Crippen molar-refractivity contribution in [1.29, 1.82) is 0 Å². The number of rotatable bonds is 4. The second kappa shape index (κ2) is 5.30. The average Bonchev–Trinajstić information content (AvgIpc) is 2.87. The van der Waals surface area contributed by atoms with Gasteiger partial charge >= 0.3 is 5.97 Å². The van der Waals surface area contributed by atoms with Crippen LogP contribution in [0.25, 0.3) is 0 Å². The molecule has 96 valence electrons. The van der Waals surface area contributed by atoms with Crippen LogP contribution in [-0.4, -0.2) is 42.1 Å². The monoisotopic (exact) mass is 267 g/mol. The van der Waals surface area contributed by atoms with Crippen LogP contribution in [0.1, 0.15) is 5.56 Å².